The van der Waals surface area contributed by atoms with Crippen LogP contribution in [0.15, 0.2) is 0 Å². The van der Waals surface area contributed by atoms with Crippen molar-refractivity contribution in [2.75, 3.05) is 26.8 Å². The van der Waals surface area contributed by atoms with E-state index in [1.165, 1.54) is 12.8 Å². The first-order valence-corrected chi connectivity index (χ1v) is 6.96. The molecule has 0 radical (unpaired) electrons. The molecule has 0 bridgehead atoms. The molecule has 1 aliphatic carbocycles. The third kappa shape index (κ3) is 4.93. The molecule has 4 heteroatoms. The van der Waals surface area contributed by atoms with Gasteiger partial charge in [-0.2, -0.15) is 5.26 Å². The smallest absolute Gasteiger partial charge is 0.105 e. The molecule has 1 saturated carbocycles. The Morgan fingerprint density at radius 2 is 2.22 bits per heavy atom. The van der Waals surface area contributed by atoms with Gasteiger partial charge >= 0.3 is 0 Å². The molecule has 0 aromatic rings. The topological polar surface area (TPSA) is 48.3 Å². The van der Waals surface area contributed by atoms with E-state index in [1.54, 1.807) is 7.11 Å². The lowest BCUT2D eigenvalue weighted by molar-refractivity contribution is 0.0979. The van der Waals surface area contributed by atoms with Crippen molar-refractivity contribution in [3.8, 4) is 6.07 Å². The van der Waals surface area contributed by atoms with E-state index < -0.39 is 0 Å². The van der Waals surface area contributed by atoms with Crippen LogP contribution in [-0.4, -0.2) is 49.3 Å². The zero-order valence-electron chi connectivity index (χ0n) is 12.2. The van der Waals surface area contributed by atoms with Crippen molar-refractivity contribution in [2.24, 2.45) is 0 Å². The minimum atomic E-state index is -0.388. The number of nitriles is 1. The maximum Gasteiger partial charge on any atom is 0.105 e. The highest BCUT2D eigenvalue weighted by molar-refractivity contribution is 5.07. The molecule has 1 N–H and O–H groups in total. The van der Waals surface area contributed by atoms with E-state index in [0.29, 0.717) is 12.1 Å². The van der Waals surface area contributed by atoms with Crippen LogP contribution in [0.25, 0.3) is 0 Å². The van der Waals surface area contributed by atoms with Crippen LogP contribution in [0.4, 0.5) is 0 Å². The monoisotopic (exact) mass is 253 g/mol. The number of likely N-dealkylation sites (N-methyl/N-ethyl adjacent to an activating group) is 1. The molecule has 2 unspecified atom stereocenters. The number of rotatable bonds is 9. The second-order valence-electron chi connectivity index (χ2n) is 5.55. The maximum absolute atomic E-state index is 9.33. The van der Waals surface area contributed by atoms with Gasteiger partial charge in [0, 0.05) is 25.7 Å². The molecular formula is C14H27N3O. The molecule has 18 heavy (non-hydrogen) atoms. The summed E-state index contributed by atoms with van der Waals surface area (Å²) in [6, 6.07) is 3.41. The van der Waals surface area contributed by atoms with Gasteiger partial charge in [-0.15, -0.1) is 0 Å². The SMILES string of the molecule is CCN(CCC(C)(C#N)NC1CC1)C(C)COC. The molecule has 1 rings (SSSR count). The maximum atomic E-state index is 9.33. The van der Waals surface area contributed by atoms with Crippen LogP contribution < -0.4 is 5.32 Å². The second kappa shape index (κ2) is 7.08. The van der Waals surface area contributed by atoms with Crippen LogP contribution in [0.3, 0.4) is 0 Å². The predicted octanol–water partition coefficient (Wildman–Crippen LogP) is 1.77. The average Bonchev–Trinajstić information content (AvgIpc) is 3.14. The van der Waals surface area contributed by atoms with Crippen molar-refractivity contribution < 1.29 is 4.74 Å². The molecule has 0 heterocycles. The van der Waals surface area contributed by atoms with Gasteiger partial charge < -0.3 is 4.74 Å². The summed E-state index contributed by atoms with van der Waals surface area (Å²) in [5.41, 5.74) is -0.388. The third-order valence-electron chi connectivity index (χ3n) is 3.68. The van der Waals surface area contributed by atoms with Crippen LogP contribution in [0, 0.1) is 11.3 Å². The van der Waals surface area contributed by atoms with Crippen LogP contribution in [0.1, 0.15) is 40.0 Å². The number of hydrogen-bond acceptors (Lipinski definition) is 4. The van der Waals surface area contributed by atoms with E-state index in [2.05, 4.69) is 30.1 Å². The Morgan fingerprint density at radius 3 is 2.67 bits per heavy atom. The fourth-order valence-corrected chi connectivity index (χ4v) is 2.24. The quantitative estimate of drug-likeness (QED) is 0.680. The number of hydrogen-bond donors (Lipinski definition) is 1. The Morgan fingerprint density at radius 1 is 1.56 bits per heavy atom. The summed E-state index contributed by atoms with van der Waals surface area (Å²) in [4.78, 5) is 2.37. The molecule has 0 aromatic heterocycles. The summed E-state index contributed by atoms with van der Waals surface area (Å²) in [5.74, 6) is 0. The summed E-state index contributed by atoms with van der Waals surface area (Å²) in [5, 5.41) is 12.8. The van der Waals surface area contributed by atoms with Crippen molar-refractivity contribution in [1.82, 2.24) is 10.2 Å². The normalized spacial score (nSPS) is 20.4. The van der Waals surface area contributed by atoms with Crippen molar-refractivity contribution >= 4 is 0 Å². The second-order valence-corrected chi connectivity index (χ2v) is 5.55. The van der Waals surface area contributed by atoms with Gasteiger partial charge in [0.15, 0.2) is 0 Å². The number of ether oxygens (including phenoxy) is 1. The molecule has 1 aliphatic rings. The van der Waals surface area contributed by atoms with E-state index in [1.807, 2.05) is 6.92 Å². The Labute approximate surface area is 111 Å². The molecular weight excluding hydrogens is 226 g/mol. The molecule has 2 atom stereocenters. The average molecular weight is 253 g/mol. The first-order valence-electron chi connectivity index (χ1n) is 6.96. The lowest BCUT2D eigenvalue weighted by Gasteiger charge is -2.31. The Kier molecular flexibility index (Phi) is 6.07. The van der Waals surface area contributed by atoms with Gasteiger partial charge in [0.2, 0.25) is 0 Å². The highest BCUT2D eigenvalue weighted by Gasteiger charge is 2.32. The molecule has 104 valence electrons. The van der Waals surface area contributed by atoms with Gasteiger partial charge in [-0.3, -0.25) is 10.2 Å². The van der Waals surface area contributed by atoms with Crippen molar-refractivity contribution in [2.45, 2.75) is 57.7 Å². The summed E-state index contributed by atoms with van der Waals surface area (Å²) in [6.45, 7) is 9.02. The Bertz CT molecular complexity index is 285. The predicted molar refractivity (Wildman–Crippen MR) is 73.4 cm³/mol. The summed E-state index contributed by atoms with van der Waals surface area (Å²) in [6.07, 6.45) is 3.30. The van der Waals surface area contributed by atoms with E-state index in [4.69, 9.17) is 4.74 Å². The molecule has 0 aromatic carbocycles. The molecule has 0 aliphatic heterocycles. The van der Waals surface area contributed by atoms with E-state index in [-0.39, 0.29) is 5.54 Å². The van der Waals surface area contributed by atoms with Crippen molar-refractivity contribution in [3.63, 3.8) is 0 Å². The Balaban J connectivity index is 2.41. The standard InChI is InChI=1S/C14H27N3O/c1-5-17(12(2)10-18-4)9-8-14(3,11-15)16-13-6-7-13/h12-13,16H,5-10H2,1-4H3. The van der Waals surface area contributed by atoms with Gasteiger partial charge in [-0.1, -0.05) is 6.92 Å². The fraction of sp³-hybridized carbons (Fsp3) is 0.929. The fourth-order valence-electron chi connectivity index (χ4n) is 2.24. The Hall–Kier alpha value is -0.630. The van der Waals surface area contributed by atoms with E-state index in [9.17, 15) is 5.26 Å². The highest BCUT2D eigenvalue weighted by Crippen LogP contribution is 2.24. The van der Waals surface area contributed by atoms with Gasteiger partial charge in [0.25, 0.3) is 0 Å². The molecule has 0 saturated heterocycles. The van der Waals surface area contributed by atoms with E-state index >= 15 is 0 Å². The van der Waals surface area contributed by atoms with Crippen molar-refractivity contribution in [1.29, 1.82) is 5.26 Å². The summed E-state index contributed by atoms with van der Waals surface area (Å²) >= 11 is 0. The molecule has 4 nitrogen and oxygen atoms in total. The minimum Gasteiger partial charge on any atom is -0.383 e. The van der Waals surface area contributed by atoms with Crippen LogP contribution >= 0.6 is 0 Å². The molecule has 0 amide bonds. The van der Waals surface area contributed by atoms with Gasteiger partial charge in [-0.25, -0.2) is 0 Å². The largest absolute Gasteiger partial charge is 0.383 e. The van der Waals surface area contributed by atoms with Crippen LogP contribution in [-0.2, 0) is 4.74 Å². The van der Waals surface area contributed by atoms with E-state index in [0.717, 1.165) is 26.1 Å². The number of nitrogens with zero attached hydrogens (tertiary/aromatic N) is 2. The number of methoxy groups -OCH3 is 1. The zero-order chi connectivity index (χ0) is 13.6. The van der Waals surface area contributed by atoms with Gasteiger partial charge in [0.1, 0.15) is 5.54 Å². The van der Waals surface area contributed by atoms with Crippen LogP contribution in [0.5, 0.6) is 0 Å². The third-order valence-corrected chi connectivity index (χ3v) is 3.68. The summed E-state index contributed by atoms with van der Waals surface area (Å²) < 4.78 is 5.20. The van der Waals surface area contributed by atoms with Gasteiger partial charge in [-0.05, 0) is 39.7 Å². The van der Waals surface area contributed by atoms with Gasteiger partial charge in [0.05, 0.1) is 12.7 Å². The highest BCUT2D eigenvalue weighted by atomic mass is 16.5. The molecule has 0 spiro atoms. The van der Waals surface area contributed by atoms with Crippen molar-refractivity contribution in [3.05, 3.63) is 0 Å². The minimum absolute atomic E-state index is 0.388. The lowest BCUT2D eigenvalue weighted by atomic mass is 9.99. The lowest BCUT2D eigenvalue weighted by Crippen LogP contribution is -2.46. The zero-order valence-corrected chi connectivity index (χ0v) is 12.2. The summed E-state index contributed by atoms with van der Waals surface area (Å²) in [7, 11) is 1.73. The first kappa shape index (κ1) is 15.4. The van der Waals surface area contributed by atoms with Crippen LogP contribution in [0.2, 0.25) is 0 Å². The molecule has 1 fully saturated rings. The number of nitrogens with one attached hydrogen (secondary N) is 1. The first-order chi connectivity index (χ1) is 8.54.